The molecule has 0 saturated carbocycles. The van der Waals surface area contributed by atoms with Crippen molar-refractivity contribution in [2.45, 2.75) is 69.5 Å². The molecule has 4 heterocycles. The van der Waals surface area contributed by atoms with Gasteiger partial charge in [-0.1, -0.05) is 49.5 Å². The lowest BCUT2D eigenvalue weighted by Gasteiger charge is -2.33. The zero-order valence-corrected chi connectivity index (χ0v) is 19.3. The summed E-state index contributed by atoms with van der Waals surface area (Å²) in [5.74, 6) is 1.86. The predicted octanol–water partition coefficient (Wildman–Crippen LogP) is 5.75. The van der Waals surface area contributed by atoms with Gasteiger partial charge in [0, 0.05) is 22.8 Å². The van der Waals surface area contributed by atoms with Crippen LogP contribution in [0.25, 0.3) is 15.9 Å². The highest BCUT2D eigenvalue weighted by molar-refractivity contribution is 7.99. The third kappa shape index (κ3) is 3.60. The van der Waals surface area contributed by atoms with Gasteiger partial charge in [-0.3, -0.25) is 0 Å². The SMILES string of the molecule is C=C(C)CSc1nnc2c3c4c(sc3nc(SCCC)n12)CO[C@@](C)(CC)C4. The summed E-state index contributed by atoms with van der Waals surface area (Å²) < 4.78 is 8.32. The quantitative estimate of drug-likeness (QED) is 0.268. The lowest BCUT2D eigenvalue weighted by Crippen LogP contribution is -2.33. The van der Waals surface area contributed by atoms with Crippen LogP contribution in [-0.4, -0.2) is 36.7 Å². The molecule has 0 spiro atoms. The first kappa shape index (κ1) is 20.2. The fourth-order valence-corrected chi connectivity index (χ4v) is 6.15. The Labute approximate surface area is 178 Å². The Hall–Kier alpha value is -1.09. The molecule has 0 fully saturated rings. The number of thioether (sulfide) groups is 2. The molecule has 0 aromatic carbocycles. The summed E-state index contributed by atoms with van der Waals surface area (Å²) in [6.45, 7) is 13.3. The van der Waals surface area contributed by atoms with E-state index in [2.05, 4.69) is 41.9 Å². The second-order valence-corrected chi connectivity index (χ2v) is 10.7. The molecule has 0 amide bonds. The van der Waals surface area contributed by atoms with Crippen molar-refractivity contribution in [2.24, 2.45) is 0 Å². The molecule has 0 aliphatic carbocycles. The molecule has 150 valence electrons. The Morgan fingerprint density at radius 1 is 1.29 bits per heavy atom. The molecule has 1 aliphatic heterocycles. The van der Waals surface area contributed by atoms with Crippen LogP contribution in [0, 0.1) is 0 Å². The molecule has 3 aromatic heterocycles. The first-order valence-electron chi connectivity index (χ1n) is 9.69. The van der Waals surface area contributed by atoms with E-state index in [9.17, 15) is 0 Å². The molecule has 4 rings (SSSR count). The maximum Gasteiger partial charge on any atom is 0.198 e. The van der Waals surface area contributed by atoms with Gasteiger partial charge < -0.3 is 4.74 Å². The topological polar surface area (TPSA) is 52.3 Å². The molecule has 1 aliphatic rings. The Kier molecular flexibility index (Phi) is 5.75. The van der Waals surface area contributed by atoms with Crippen LogP contribution < -0.4 is 0 Å². The maximum absolute atomic E-state index is 6.17. The molecule has 1 atom stereocenters. The Morgan fingerprint density at radius 2 is 2.11 bits per heavy atom. The molecule has 3 aromatic rings. The Balaban J connectivity index is 1.91. The molecule has 28 heavy (non-hydrogen) atoms. The van der Waals surface area contributed by atoms with E-state index in [0.717, 1.165) is 57.1 Å². The number of hydrogen-bond acceptors (Lipinski definition) is 7. The van der Waals surface area contributed by atoms with Gasteiger partial charge in [0.05, 0.1) is 17.6 Å². The largest absolute Gasteiger partial charge is 0.369 e. The van der Waals surface area contributed by atoms with Crippen molar-refractivity contribution in [2.75, 3.05) is 11.5 Å². The summed E-state index contributed by atoms with van der Waals surface area (Å²) in [4.78, 5) is 7.40. The zero-order valence-electron chi connectivity index (χ0n) is 16.9. The highest BCUT2D eigenvalue weighted by Gasteiger charge is 2.33. The van der Waals surface area contributed by atoms with Crippen molar-refractivity contribution >= 4 is 50.7 Å². The molecule has 0 unspecified atom stereocenters. The van der Waals surface area contributed by atoms with Crippen LogP contribution in [-0.2, 0) is 17.8 Å². The monoisotopic (exact) mass is 434 g/mol. The molecule has 0 radical (unpaired) electrons. The maximum atomic E-state index is 6.17. The van der Waals surface area contributed by atoms with E-state index in [0.29, 0.717) is 6.61 Å². The van der Waals surface area contributed by atoms with Crippen LogP contribution in [0.3, 0.4) is 0 Å². The molecular formula is C20H26N4OS3. The van der Waals surface area contributed by atoms with E-state index in [4.69, 9.17) is 9.72 Å². The minimum absolute atomic E-state index is 0.120. The van der Waals surface area contributed by atoms with Gasteiger partial charge in [0.1, 0.15) is 4.83 Å². The van der Waals surface area contributed by atoms with Crippen molar-refractivity contribution in [1.82, 2.24) is 19.6 Å². The van der Waals surface area contributed by atoms with E-state index in [1.807, 2.05) is 6.92 Å². The number of thiophene rings is 1. The predicted molar refractivity (Wildman–Crippen MR) is 120 cm³/mol. The number of rotatable bonds is 7. The van der Waals surface area contributed by atoms with Gasteiger partial charge in [-0.15, -0.1) is 21.5 Å². The average molecular weight is 435 g/mol. The Bertz CT molecular complexity index is 1040. The van der Waals surface area contributed by atoms with E-state index in [1.165, 1.54) is 15.8 Å². The standard InChI is InChI=1S/C20H26N4OS3/c1-6-8-26-18-21-17-15(13-9-20(5,7-2)25-10-14(13)28-17)16-22-23-19(24(16)18)27-11-12(3)4/h3,6-11H2,1-2,4-5H3/t20-/m0/s1. The summed E-state index contributed by atoms with van der Waals surface area (Å²) in [6.07, 6.45) is 2.99. The number of hydrogen-bond donors (Lipinski definition) is 0. The van der Waals surface area contributed by atoms with Crippen LogP contribution in [0.4, 0.5) is 0 Å². The van der Waals surface area contributed by atoms with Gasteiger partial charge in [0.25, 0.3) is 0 Å². The summed E-state index contributed by atoms with van der Waals surface area (Å²) in [5, 5.41) is 12.2. The molecule has 0 bridgehead atoms. The summed E-state index contributed by atoms with van der Waals surface area (Å²) in [7, 11) is 0. The zero-order chi connectivity index (χ0) is 19.9. The number of nitrogens with zero attached hydrogens (tertiary/aromatic N) is 4. The third-order valence-corrected chi connectivity index (χ3v) is 8.45. The smallest absolute Gasteiger partial charge is 0.198 e. The fourth-order valence-electron chi connectivity index (χ4n) is 3.32. The van der Waals surface area contributed by atoms with E-state index in [1.54, 1.807) is 34.9 Å². The van der Waals surface area contributed by atoms with E-state index < -0.39 is 0 Å². The highest BCUT2D eigenvalue weighted by atomic mass is 32.2. The summed E-state index contributed by atoms with van der Waals surface area (Å²) >= 11 is 5.21. The van der Waals surface area contributed by atoms with Crippen LogP contribution in [0.5, 0.6) is 0 Å². The minimum atomic E-state index is -0.120. The number of fused-ring (bicyclic) bond motifs is 5. The van der Waals surface area contributed by atoms with Gasteiger partial charge in [0.2, 0.25) is 0 Å². The minimum Gasteiger partial charge on any atom is -0.369 e. The normalized spacial score (nSPS) is 19.4. The van der Waals surface area contributed by atoms with Crippen LogP contribution in [0.15, 0.2) is 22.5 Å². The highest BCUT2D eigenvalue weighted by Crippen LogP contribution is 2.42. The Morgan fingerprint density at radius 3 is 2.82 bits per heavy atom. The second kappa shape index (κ2) is 7.97. The molecule has 0 saturated heterocycles. The van der Waals surface area contributed by atoms with Crippen molar-refractivity contribution in [3.63, 3.8) is 0 Å². The molecular weight excluding hydrogens is 408 g/mol. The van der Waals surface area contributed by atoms with Gasteiger partial charge in [-0.05, 0) is 32.3 Å². The summed E-state index contributed by atoms with van der Waals surface area (Å²) in [5.41, 5.74) is 3.29. The fraction of sp³-hybridized carbons (Fsp3) is 0.550. The van der Waals surface area contributed by atoms with E-state index >= 15 is 0 Å². The average Bonchev–Trinajstić information content (AvgIpc) is 3.25. The molecule has 8 heteroatoms. The lowest BCUT2D eigenvalue weighted by atomic mass is 9.90. The van der Waals surface area contributed by atoms with Crippen molar-refractivity contribution in [3.05, 3.63) is 22.6 Å². The third-order valence-electron chi connectivity index (χ3n) is 5.05. The van der Waals surface area contributed by atoms with Crippen molar-refractivity contribution < 1.29 is 4.74 Å². The molecule has 5 nitrogen and oxygen atoms in total. The van der Waals surface area contributed by atoms with Crippen LogP contribution in [0.2, 0.25) is 0 Å². The summed E-state index contributed by atoms with van der Waals surface area (Å²) in [6, 6.07) is 0. The first-order valence-corrected chi connectivity index (χ1v) is 12.5. The van der Waals surface area contributed by atoms with E-state index in [-0.39, 0.29) is 5.60 Å². The van der Waals surface area contributed by atoms with Crippen LogP contribution in [0.1, 0.15) is 51.0 Å². The number of ether oxygens (including phenoxy) is 1. The van der Waals surface area contributed by atoms with Gasteiger partial charge in [-0.25, -0.2) is 9.38 Å². The lowest BCUT2D eigenvalue weighted by molar-refractivity contribution is -0.0542. The molecule has 0 N–H and O–H groups in total. The first-order chi connectivity index (χ1) is 13.5. The van der Waals surface area contributed by atoms with Crippen molar-refractivity contribution in [1.29, 1.82) is 0 Å². The van der Waals surface area contributed by atoms with Crippen molar-refractivity contribution in [3.8, 4) is 0 Å². The van der Waals surface area contributed by atoms with Crippen LogP contribution >= 0.6 is 34.9 Å². The van der Waals surface area contributed by atoms with Gasteiger partial charge in [-0.2, -0.15) is 0 Å². The second-order valence-electron chi connectivity index (χ2n) is 7.58. The van der Waals surface area contributed by atoms with Gasteiger partial charge >= 0.3 is 0 Å². The van der Waals surface area contributed by atoms with Gasteiger partial charge in [0.15, 0.2) is 16.0 Å². The number of aromatic nitrogens is 4.